The average Bonchev–Trinajstić information content (AvgIpc) is 3.34. The van der Waals surface area contributed by atoms with E-state index in [1.807, 2.05) is 0 Å². The Balaban J connectivity index is 4.59. The second-order valence-corrected chi connectivity index (χ2v) is 17.0. The van der Waals surface area contributed by atoms with Crippen molar-refractivity contribution in [3.63, 3.8) is 0 Å². The van der Waals surface area contributed by atoms with Crippen LogP contribution in [0.1, 0.15) is 207 Å². The molecule has 0 rings (SSSR count). The van der Waals surface area contributed by atoms with Gasteiger partial charge >= 0.3 is 17.9 Å². The normalized spacial score (nSPS) is 13.3. The zero-order valence-electron chi connectivity index (χ0n) is 43.3. The van der Waals surface area contributed by atoms with Gasteiger partial charge < -0.3 is 14.2 Å². The summed E-state index contributed by atoms with van der Waals surface area (Å²) in [6.45, 7) is 6.26. The van der Waals surface area contributed by atoms with Gasteiger partial charge in [-0.1, -0.05) is 205 Å². The summed E-state index contributed by atoms with van der Waals surface area (Å²) in [6, 6.07) is 0. The van der Waals surface area contributed by atoms with Gasteiger partial charge in [-0.3, -0.25) is 14.4 Å². The fourth-order valence-electron chi connectivity index (χ4n) is 6.58. The van der Waals surface area contributed by atoms with E-state index in [2.05, 4.69) is 167 Å². The van der Waals surface area contributed by atoms with E-state index in [1.165, 1.54) is 19.3 Å². The molecule has 68 heavy (non-hydrogen) atoms. The molecule has 0 saturated carbocycles. The lowest BCUT2D eigenvalue weighted by Crippen LogP contribution is -2.30. The Morgan fingerprint density at radius 1 is 0.309 bits per heavy atom. The monoisotopic (exact) mass is 937 g/mol. The van der Waals surface area contributed by atoms with Crippen molar-refractivity contribution in [3.05, 3.63) is 146 Å². The average molecular weight is 937 g/mol. The smallest absolute Gasteiger partial charge is 0.306 e. The standard InChI is InChI=1S/C62H96O6/c1-4-7-10-13-16-19-22-25-28-30-31-33-34-37-40-43-46-49-52-55-61(64)67-58-59(57-66-60(63)54-51-48-45-42-39-36-27-24-21-18-15-12-9-6-3)68-62(65)56-53-50-47-44-41-38-35-32-29-26-23-20-17-14-11-8-5-2/h7-8,10-11,15-20,24-29,31,33,35,37-38,40,44,47,59H,4-6,9,12-14,21-23,30,32,34,36,39,41-43,45-46,48-58H2,1-3H3/b10-7+,11-8+,18-15+,19-16+,20-17+,27-24+,28-25+,29-26+,33-31+,38-35+,40-37+,47-44+/t59-/m1/s1. The number of hydrogen-bond acceptors (Lipinski definition) is 6. The minimum atomic E-state index is -0.834. The van der Waals surface area contributed by atoms with Gasteiger partial charge in [0.25, 0.3) is 0 Å². The van der Waals surface area contributed by atoms with Crippen molar-refractivity contribution < 1.29 is 28.6 Å². The molecule has 0 aromatic carbocycles. The number of carbonyl (C=O) groups is 3. The number of ether oxygens (including phenoxy) is 3. The van der Waals surface area contributed by atoms with Gasteiger partial charge in [-0.2, -0.15) is 0 Å². The van der Waals surface area contributed by atoms with Crippen LogP contribution in [0.5, 0.6) is 0 Å². The molecular formula is C62H96O6. The van der Waals surface area contributed by atoms with Crippen LogP contribution in [0.4, 0.5) is 0 Å². The van der Waals surface area contributed by atoms with Crippen LogP contribution in [0.2, 0.25) is 0 Å². The first-order valence-electron chi connectivity index (χ1n) is 26.8. The van der Waals surface area contributed by atoms with Crippen LogP contribution in [0.3, 0.4) is 0 Å². The van der Waals surface area contributed by atoms with Crippen molar-refractivity contribution in [3.8, 4) is 0 Å². The highest BCUT2D eigenvalue weighted by molar-refractivity contribution is 5.71. The van der Waals surface area contributed by atoms with Gasteiger partial charge in [0.15, 0.2) is 6.10 Å². The minimum absolute atomic E-state index is 0.125. The van der Waals surface area contributed by atoms with E-state index in [4.69, 9.17) is 14.2 Å². The quantitative estimate of drug-likeness (QED) is 0.0262. The molecule has 6 nitrogen and oxygen atoms in total. The number of hydrogen-bond donors (Lipinski definition) is 0. The van der Waals surface area contributed by atoms with Gasteiger partial charge in [-0.15, -0.1) is 0 Å². The zero-order valence-corrected chi connectivity index (χ0v) is 43.3. The van der Waals surface area contributed by atoms with Gasteiger partial charge in [-0.05, 0) is 128 Å². The largest absolute Gasteiger partial charge is 0.462 e. The Hall–Kier alpha value is -4.71. The fraction of sp³-hybridized carbons (Fsp3) is 0.565. The lowest BCUT2D eigenvalue weighted by molar-refractivity contribution is -0.167. The summed E-state index contributed by atoms with van der Waals surface area (Å²) in [5.41, 5.74) is 0. The molecule has 1 atom stereocenters. The van der Waals surface area contributed by atoms with E-state index in [0.29, 0.717) is 19.3 Å². The molecule has 0 aliphatic rings. The van der Waals surface area contributed by atoms with Gasteiger partial charge in [0, 0.05) is 19.3 Å². The van der Waals surface area contributed by atoms with E-state index in [-0.39, 0.29) is 37.5 Å². The third-order valence-electron chi connectivity index (χ3n) is 10.6. The van der Waals surface area contributed by atoms with Crippen molar-refractivity contribution in [2.24, 2.45) is 0 Å². The maximum atomic E-state index is 12.8. The molecule has 0 amide bonds. The Bertz CT molecular complexity index is 1540. The third-order valence-corrected chi connectivity index (χ3v) is 10.6. The molecule has 0 unspecified atom stereocenters. The van der Waals surface area contributed by atoms with Gasteiger partial charge in [-0.25, -0.2) is 0 Å². The van der Waals surface area contributed by atoms with Crippen molar-refractivity contribution in [1.29, 1.82) is 0 Å². The Morgan fingerprint density at radius 2 is 0.588 bits per heavy atom. The summed E-state index contributed by atoms with van der Waals surface area (Å²) in [4.78, 5) is 38.1. The van der Waals surface area contributed by atoms with Crippen LogP contribution in [0.25, 0.3) is 0 Å². The zero-order chi connectivity index (χ0) is 49.3. The number of carbonyl (C=O) groups excluding carboxylic acids is 3. The lowest BCUT2D eigenvalue weighted by Gasteiger charge is -2.18. The molecule has 0 aromatic heterocycles. The highest BCUT2D eigenvalue weighted by Gasteiger charge is 2.19. The van der Waals surface area contributed by atoms with Crippen molar-refractivity contribution in [2.75, 3.05) is 13.2 Å². The SMILES string of the molecule is CC/C=C/C/C=C/C/C=C/C/C=C/C/C=C/CCCCCC(=O)OC[C@@H](COC(=O)CCCCCCC/C=C/C/C=C/CCCC)OC(=O)CCC/C=C/C/C=C/C/C=C/C/C=C/C/C=C/CC. The number of unbranched alkanes of at least 4 members (excludes halogenated alkanes) is 11. The minimum Gasteiger partial charge on any atom is -0.462 e. The first kappa shape index (κ1) is 63.3. The summed E-state index contributed by atoms with van der Waals surface area (Å²) in [7, 11) is 0. The third kappa shape index (κ3) is 52.3. The predicted octanol–water partition coefficient (Wildman–Crippen LogP) is 18.0. The first-order chi connectivity index (χ1) is 33.5. The van der Waals surface area contributed by atoms with Gasteiger partial charge in [0.05, 0.1) is 0 Å². The van der Waals surface area contributed by atoms with E-state index < -0.39 is 6.10 Å². The molecule has 0 aliphatic heterocycles. The second kappa shape index (κ2) is 54.9. The predicted molar refractivity (Wildman–Crippen MR) is 292 cm³/mol. The van der Waals surface area contributed by atoms with Crippen LogP contribution in [-0.4, -0.2) is 37.2 Å². The van der Waals surface area contributed by atoms with E-state index in [9.17, 15) is 14.4 Å². The van der Waals surface area contributed by atoms with Gasteiger partial charge in [0.2, 0.25) is 0 Å². The van der Waals surface area contributed by atoms with Gasteiger partial charge in [0.1, 0.15) is 13.2 Å². The number of allylic oxidation sites excluding steroid dienone is 24. The highest BCUT2D eigenvalue weighted by Crippen LogP contribution is 2.11. The van der Waals surface area contributed by atoms with E-state index in [0.717, 1.165) is 141 Å². The lowest BCUT2D eigenvalue weighted by atomic mass is 10.1. The summed E-state index contributed by atoms with van der Waals surface area (Å²) < 4.78 is 16.7. The molecule has 0 spiro atoms. The van der Waals surface area contributed by atoms with Crippen molar-refractivity contribution >= 4 is 17.9 Å². The van der Waals surface area contributed by atoms with Crippen molar-refractivity contribution in [1.82, 2.24) is 0 Å². The maximum Gasteiger partial charge on any atom is 0.306 e. The molecule has 0 bridgehead atoms. The number of rotatable bonds is 46. The van der Waals surface area contributed by atoms with Crippen LogP contribution in [-0.2, 0) is 28.6 Å². The summed E-state index contributed by atoms with van der Waals surface area (Å²) in [5, 5.41) is 0. The molecule has 0 N–H and O–H groups in total. The van der Waals surface area contributed by atoms with Crippen LogP contribution in [0.15, 0.2) is 146 Å². The maximum absolute atomic E-state index is 12.8. The van der Waals surface area contributed by atoms with E-state index >= 15 is 0 Å². The Labute approximate surface area is 417 Å². The molecule has 0 saturated heterocycles. The molecule has 0 aliphatic carbocycles. The van der Waals surface area contributed by atoms with Crippen LogP contribution >= 0.6 is 0 Å². The highest BCUT2D eigenvalue weighted by atomic mass is 16.6. The number of esters is 3. The molecule has 0 aromatic rings. The summed E-state index contributed by atoms with van der Waals surface area (Å²) >= 11 is 0. The summed E-state index contributed by atoms with van der Waals surface area (Å²) in [5.74, 6) is -1.04. The fourth-order valence-corrected chi connectivity index (χ4v) is 6.58. The first-order valence-corrected chi connectivity index (χ1v) is 26.8. The molecule has 0 fully saturated rings. The van der Waals surface area contributed by atoms with Crippen molar-refractivity contribution in [2.45, 2.75) is 213 Å². The molecule has 380 valence electrons. The molecule has 0 heterocycles. The topological polar surface area (TPSA) is 78.9 Å². The Morgan fingerprint density at radius 3 is 0.956 bits per heavy atom. The van der Waals surface area contributed by atoms with E-state index in [1.54, 1.807) is 0 Å². The molecular weight excluding hydrogens is 841 g/mol. The summed E-state index contributed by atoms with van der Waals surface area (Å²) in [6.07, 6.45) is 78.3. The second-order valence-electron chi connectivity index (χ2n) is 17.0. The Kier molecular flexibility index (Phi) is 51.1. The molecule has 0 radical (unpaired) electrons. The van der Waals surface area contributed by atoms with Crippen LogP contribution in [0, 0.1) is 0 Å². The van der Waals surface area contributed by atoms with Crippen LogP contribution < -0.4 is 0 Å². The molecule has 6 heteroatoms.